The SMILES string of the molecule is Cl.Cn1nc(CNCc2cc(F)cc(F)c2)cc1C(F)(F)F. The number of aromatic nitrogens is 2. The van der Waals surface area contributed by atoms with Gasteiger partial charge in [-0.25, -0.2) is 8.78 Å². The standard InChI is InChI=1S/C13H12F5N3.ClH/c1-21-12(13(16,17)18)5-11(20-21)7-19-6-8-2-9(14)4-10(15)3-8;/h2-5,19H,6-7H2,1H3;1H. The van der Waals surface area contributed by atoms with Crippen molar-refractivity contribution in [3.8, 4) is 0 Å². The zero-order valence-electron chi connectivity index (χ0n) is 11.4. The van der Waals surface area contributed by atoms with E-state index in [1.54, 1.807) is 0 Å². The van der Waals surface area contributed by atoms with Gasteiger partial charge in [-0.3, -0.25) is 4.68 Å². The summed E-state index contributed by atoms with van der Waals surface area (Å²) in [6.45, 7) is 0.175. The molecule has 0 saturated carbocycles. The summed E-state index contributed by atoms with van der Waals surface area (Å²) in [7, 11) is 1.20. The highest BCUT2D eigenvalue weighted by Gasteiger charge is 2.34. The summed E-state index contributed by atoms with van der Waals surface area (Å²) in [6, 6.07) is 3.97. The van der Waals surface area contributed by atoms with Gasteiger partial charge in [0.1, 0.15) is 17.3 Å². The van der Waals surface area contributed by atoms with Crippen LogP contribution >= 0.6 is 12.4 Å². The molecule has 3 nitrogen and oxygen atoms in total. The molecule has 0 radical (unpaired) electrons. The van der Waals surface area contributed by atoms with Crippen LogP contribution in [0.3, 0.4) is 0 Å². The first kappa shape index (κ1) is 18.4. The average molecular weight is 342 g/mol. The van der Waals surface area contributed by atoms with Gasteiger partial charge in [-0.1, -0.05) is 0 Å². The van der Waals surface area contributed by atoms with Crippen molar-refractivity contribution in [1.29, 1.82) is 0 Å². The first-order valence-electron chi connectivity index (χ1n) is 6.01. The van der Waals surface area contributed by atoms with Crippen LogP contribution in [-0.2, 0) is 26.3 Å². The molecule has 1 aromatic carbocycles. The summed E-state index contributed by atoms with van der Waals surface area (Å²) in [5, 5.41) is 6.52. The van der Waals surface area contributed by atoms with Gasteiger partial charge in [0.05, 0.1) is 5.69 Å². The van der Waals surface area contributed by atoms with E-state index in [2.05, 4.69) is 10.4 Å². The van der Waals surface area contributed by atoms with E-state index in [1.165, 1.54) is 7.05 Å². The Bertz CT molecular complexity index is 619. The molecule has 0 atom stereocenters. The van der Waals surface area contributed by atoms with Crippen LogP contribution in [0.25, 0.3) is 0 Å². The van der Waals surface area contributed by atoms with Crippen LogP contribution in [0.1, 0.15) is 17.0 Å². The minimum absolute atomic E-state index is 0. The molecule has 0 aliphatic rings. The summed E-state index contributed by atoms with van der Waals surface area (Å²) < 4.78 is 64.4. The maximum absolute atomic E-state index is 13.0. The molecule has 0 unspecified atom stereocenters. The van der Waals surface area contributed by atoms with Crippen LogP contribution in [0.15, 0.2) is 24.3 Å². The van der Waals surface area contributed by atoms with Gasteiger partial charge in [0.25, 0.3) is 0 Å². The van der Waals surface area contributed by atoms with Crippen molar-refractivity contribution in [1.82, 2.24) is 15.1 Å². The van der Waals surface area contributed by atoms with Crippen LogP contribution in [0.5, 0.6) is 0 Å². The lowest BCUT2D eigenvalue weighted by Crippen LogP contribution is -2.13. The van der Waals surface area contributed by atoms with Crippen molar-refractivity contribution in [2.45, 2.75) is 19.3 Å². The van der Waals surface area contributed by atoms with Crippen LogP contribution in [-0.4, -0.2) is 9.78 Å². The fourth-order valence-corrected chi connectivity index (χ4v) is 1.93. The number of halogens is 6. The van der Waals surface area contributed by atoms with Crippen molar-refractivity contribution < 1.29 is 22.0 Å². The second-order valence-electron chi connectivity index (χ2n) is 4.52. The molecule has 0 amide bonds. The van der Waals surface area contributed by atoms with Crippen molar-refractivity contribution in [2.24, 2.45) is 7.05 Å². The maximum Gasteiger partial charge on any atom is 0.433 e. The van der Waals surface area contributed by atoms with Crippen molar-refractivity contribution in [3.63, 3.8) is 0 Å². The van der Waals surface area contributed by atoms with E-state index in [0.29, 0.717) is 5.56 Å². The first-order chi connectivity index (χ1) is 9.75. The normalized spacial score (nSPS) is 11.4. The van der Waals surface area contributed by atoms with E-state index in [1.807, 2.05) is 0 Å². The molecule has 1 heterocycles. The average Bonchev–Trinajstić information content (AvgIpc) is 2.69. The molecular formula is C13H13ClF5N3. The Hall–Kier alpha value is -1.67. The van der Waals surface area contributed by atoms with Gasteiger partial charge in [-0.2, -0.15) is 18.3 Å². The number of aryl methyl sites for hydroxylation is 1. The number of rotatable bonds is 4. The third kappa shape index (κ3) is 4.67. The number of nitrogens with zero attached hydrogens (tertiary/aromatic N) is 2. The van der Waals surface area contributed by atoms with E-state index in [-0.39, 0.29) is 31.2 Å². The highest BCUT2D eigenvalue weighted by molar-refractivity contribution is 5.85. The molecule has 2 rings (SSSR count). The number of benzene rings is 1. The second-order valence-corrected chi connectivity index (χ2v) is 4.52. The number of hydrogen-bond acceptors (Lipinski definition) is 2. The molecule has 1 N–H and O–H groups in total. The monoisotopic (exact) mass is 341 g/mol. The molecule has 9 heteroatoms. The minimum Gasteiger partial charge on any atom is -0.307 e. The van der Waals surface area contributed by atoms with Crippen molar-refractivity contribution in [2.75, 3.05) is 0 Å². The smallest absolute Gasteiger partial charge is 0.307 e. The van der Waals surface area contributed by atoms with Gasteiger partial charge in [0, 0.05) is 26.2 Å². The molecule has 0 aliphatic carbocycles. The molecule has 0 spiro atoms. The van der Waals surface area contributed by atoms with Crippen LogP contribution in [0.2, 0.25) is 0 Å². The fourth-order valence-electron chi connectivity index (χ4n) is 1.93. The van der Waals surface area contributed by atoms with Crippen LogP contribution in [0.4, 0.5) is 22.0 Å². The molecular weight excluding hydrogens is 329 g/mol. The molecule has 2 aromatic rings. The molecule has 0 fully saturated rings. The molecule has 122 valence electrons. The Labute approximate surface area is 129 Å². The maximum atomic E-state index is 13.0. The van der Waals surface area contributed by atoms with Gasteiger partial charge in [-0.15, -0.1) is 12.4 Å². The predicted molar refractivity (Wildman–Crippen MR) is 72.4 cm³/mol. The van der Waals surface area contributed by atoms with E-state index >= 15 is 0 Å². The molecule has 0 bridgehead atoms. The largest absolute Gasteiger partial charge is 0.433 e. The summed E-state index contributed by atoms with van der Waals surface area (Å²) in [5.41, 5.74) is -0.294. The Morgan fingerprint density at radius 2 is 1.64 bits per heavy atom. The zero-order chi connectivity index (χ0) is 15.6. The van der Waals surface area contributed by atoms with Gasteiger partial charge in [0.2, 0.25) is 0 Å². The van der Waals surface area contributed by atoms with E-state index in [0.717, 1.165) is 28.9 Å². The van der Waals surface area contributed by atoms with Gasteiger partial charge in [0.15, 0.2) is 0 Å². The number of hydrogen-bond donors (Lipinski definition) is 1. The molecule has 1 aromatic heterocycles. The summed E-state index contributed by atoms with van der Waals surface area (Å²) >= 11 is 0. The van der Waals surface area contributed by atoms with Crippen molar-refractivity contribution in [3.05, 3.63) is 52.9 Å². The topological polar surface area (TPSA) is 29.9 Å². The Kier molecular flexibility index (Phi) is 5.90. The second kappa shape index (κ2) is 7.06. The Balaban J connectivity index is 0.00000242. The molecule has 0 aliphatic heterocycles. The van der Waals surface area contributed by atoms with Crippen LogP contribution < -0.4 is 5.32 Å². The fraction of sp³-hybridized carbons (Fsp3) is 0.308. The van der Waals surface area contributed by atoms with Crippen LogP contribution in [0, 0.1) is 11.6 Å². The lowest BCUT2D eigenvalue weighted by molar-refractivity contribution is -0.143. The minimum atomic E-state index is -4.47. The van der Waals surface area contributed by atoms with Crippen molar-refractivity contribution >= 4 is 12.4 Å². The highest BCUT2D eigenvalue weighted by atomic mass is 35.5. The predicted octanol–water partition coefficient (Wildman–Crippen LogP) is 3.43. The highest BCUT2D eigenvalue weighted by Crippen LogP contribution is 2.29. The molecule has 0 saturated heterocycles. The van der Waals surface area contributed by atoms with Gasteiger partial charge < -0.3 is 5.32 Å². The lowest BCUT2D eigenvalue weighted by Gasteiger charge is -2.04. The summed E-state index contributed by atoms with van der Waals surface area (Å²) in [4.78, 5) is 0. The Morgan fingerprint density at radius 1 is 1.05 bits per heavy atom. The van der Waals surface area contributed by atoms with Gasteiger partial charge >= 0.3 is 6.18 Å². The third-order valence-electron chi connectivity index (χ3n) is 2.78. The first-order valence-corrected chi connectivity index (χ1v) is 6.01. The number of nitrogens with one attached hydrogen (secondary N) is 1. The van der Waals surface area contributed by atoms with Gasteiger partial charge in [-0.05, 0) is 23.8 Å². The number of alkyl halides is 3. The zero-order valence-corrected chi connectivity index (χ0v) is 12.2. The lowest BCUT2D eigenvalue weighted by atomic mass is 10.2. The van der Waals surface area contributed by atoms with E-state index in [9.17, 15) is 22.0 Å². The van der Waals surface area contributed by atoms with E-state index in [4.69, 9.17) is 0 Å². The Morgan fingerprint density at radius 3 is 2.14 bits per heavy atom. The van der Waals surface area contributed by atoms with E-state index < -0.39 is 23.5 Å². The molecule has 22 heavy (non-hydrogen) atoms. The third-order valence-corrected chi connectivity index (χ3v) is 2.78. The summed E-state index contributed by atoms with van der Waals surface area (Å²) in [6.07, 6.45) is -4.47. The summed E-state index contributed by atoms with van der Waals surface area (Å²) in [5.74, 6) is -1.41. The quantitative estimate of drug-likeness (QED) is 0.864.